The van der Waals surface area contributed by atoms with Crippen molar-refractivity contribution in [2.24, 2.45) is 5.73 Å². The normalized spacial score (nSPS) is 16.8. The van der Waals surface area contributed by atoms with Crippen molar-refractivity contribution in [3.63, 3.8) is 0 Å². The van der Waals surface area contributed by atoms with E-state index in [9.17, 15) is 4.79 Å². The maximum Gasteiger partial charge on any atom is 0.306 e. The molecule has 0 aromatic carbocycles. The number of aliphatic hydroxyl groups is 2. The van der Waals surface area contributed by atoms with Gasteiger partial charge in [0.1, 0.15) is 12.3 Å². The van der Waals surface area contributed by atoms with Crippen molar-refractivity contribution in [2.45, 2.75) is 18.8 Å². The number of carbonyl (C=O) groups is 1. The first kappa shape index (κ1) is 8.35. The third kappa shape index (κ3) is 3.89. The molecule has 5 heteroatoms. The minimum Gasteiger partial charge on any atom is -0.481 e. The van der Waals surface area contributed by atoms with Gasteiger partial charge in [0.2, 0.25) is 0 Å². The van der Waals surface area contributed by atoms with Gasteiger partial charge in [-0.25, -0.2) is 0 Å². The summed E-state index contributed by atoms with van der Waals surface area (Å²) in [5, 5.41) is 24.9. The molecule has 2 unspecified atom stereocenters. The second-order valence-electron chi connectivity index (χ2n) is 1.66. The highest BCUT2D eigenvalue weighted by Gasteiger charge is 2.14. The Morgan fingerprint density at radius 3 is 2.11 bits per heavy atom. The Balaban J connectivity index is 3.50. The molecule has 0 aromatic rings. The summed E-state index contributed by atoms with van der Waals surface area (Å²) >= 11 is 0. The highest BCUT2D eigenvalue weighted by atomic mass is 16.4. The molecule has 0 aromatic heterocycles. The first-order valence-corrected chi connectivity index (χ1v) is 2.37. The maximum atomic E-state index is 9.79. The molecular weight excluding hydrogens is 126 g/mol. The summed E-state index contributed by atoms with van der Waals surface area (Å²) in [5.74, 6) is -1.19. The molecule has 0 aliphatic carbocycles. The van der Waals surface area contributed by atoms with Gasteiger partial charge in [-0.1, -0.05) is 0 Å². The molecule has 5 nitrogen and oxygen atoms in total. The maximum absolute atomic E-state index is 9.79. The van der Waals surface area contributed by atoms with Crippen LogP contribution < -0.4 is 5.73 Å². The Hall–Kier alpha value is -0.650. The van der Waals surface area contributed by atoms with Crippen LogP contribution in [0.1, 0.15) is 6.42 Å². The van der Waals surface area contributed by atoms with Gasteiger partial charge in [-0.2, -0.15) is 0 Å². The van der Waals surface area contributed by atoms with E-state index in [1.54, 1.807) is 0 Å². The predicted octanol–water partition coefficient (Wildman–Crippen LogP) is -1.90. The van der Waals surface area contributed by atoms with E-state index in [2.05, 4.69) is 0 Å². The average Bonchev–Trinajstić information content (AvgIpc) is 1.63. The lowest BCUT2D eigenvalue weighted by Crippen LogP contribution is -2.35. The van der Waals surface area contributed by atoms with Gasteiger partial charge >= 0.3 is 5.97 Å². The number of hydrogen-bond donors (Lipinski definition) is 4. The quantitative estimate of drug-likeness (QED) is 0.338. The SMILES string of the molecule is NC(O)C(O)CC(=O)O. The lowest BCUT2D eigenvalue weighted by molar-refractivity contribution is -0.141. The zero-order valence-corrected chi connectivity index (χ0v) is 4.69. The summed E-state index contributed by atoms with van der Waals surface area (Å²) in [6, 6.07) is 0. The number of carboxylic acids is 1. The number of rotatable bonds is 3. The van der Waals surface area contributed by atoms with Crippen LogP contribution in [0.25, 0.3) is 0 Å². The van der Waals surface area contributed by atoms with E-state index in [0.29, 0.717) is 0 Å². The van der Waals surface area contributed by atoms with Crippen LogP contribution in [-0.4, -0.2) is 33.6 Å². The van der Waals surface area contributed by atoms with Gasteiger partial charge in [0.25, 0.3) is 0 Å². The summed E-state index contributed by atoms with van der Waals surface area (Å²) in [5.41, 5.74) is 4.73. The fraction of sp³-hybridized carbons (Fsp3) is 0.750. The van der Waals surface area contributed by atoms with Crippen molar-refractivity contribution in [3.8, 4) is 0 Å². The molecular formula is C4H9NO4. The fourth-order valence-electron chi connectivity index (χ4n) is 0.300. The lowest BCUT2D eigenvalue weighted by Gasteiger charge is -2.09. The number of aliphatic carboxylic acids is 1. The van der Waals surface area contributed by atoms with Gasteiger partial charge in [-0.05, 0) is 0 Å². The Bertz CT molecular complexity index is 103. The number of carboxylic acid groups (broad SMARTS) is 1. The van der Waals surface area contributed by atoms with Crippen LogP contribution in [-0.2, 0) is 4.79 Å². The van der Waals surface area contributed by atoms with Crippen molar-refractivity contribution >= 4 is 5.97 Å². The summed E-state index contributed by atoms with van der Waals surface area (Å²) in [4.78, 5) is 9.79. The van der Waals surface area contributed by atoms with Crippen molar-refractivity contribution in [1.82, 2.24) is 0 Å². The molecule has 0 rings (SSSR count). The van der Waals surface area contributed by atoms with E-state index < -0.39 is 24.7 Å². The van der Waals surface area contributed by atoms with Crippen LogP contribution in [0.15, 0.2) is 0 Å². The number of aliphatic hydroxyl groups excluding tert-OH is 2. The topological polar surface area (TPSA) is 104 Å². The molecule has 0 saturated carbocycles. The molecule has 54 valence electrons. The zero-order valence-electron chi connectivity index (χ0n) is 4.69. The van der Waals surface area contributed by atoms with Crippen molar-refractivity contribution in [3.05, 3.63) is 0 Å². The van der Waals surface area contributed by atoms with Crippen LogP contribution in [0.2, 0.25) is 0 Å². The van der Waals surface area contributed by atoms with E-state index in [-0.39, 0.29) is 0 Å². The summed E-state index contributed by atoms with van der Waals surface area (Å²) < 4.78 is 0. The molecule has 0 spiro atoms. The van der Waals surface area contributed by atoms with E-state index in [0.717, 1.165) is 0 Å². The molecule has 0 radical (unpaired) electrons. The van der Waals surface area contributed by atoms with Crippen LogP contribution in [0.5, 0.6) is 0 Å². The third-order valence-electron chi connectivity index (χ3n) is 0.778. The Morgan fingerprint density at radius 1 is 1.56 bits per heavy atom. The fourth-order valence-corrected chi connectivity index (χ4v) is 0.300. The molecule has 0 bridgehead atoms. The smallest absolute Gasteiger partial charge is 0.306 e. The number of hydrogen-bond acceptors (Lipinski definition) is 4. The van der Waals surface area contributed by atoms with Gasteiger partial charge in [0, 0.05) is 0 Å². The van der Waals surface area contributed by atoms with Crippen LogP contribution in [0.4, 0.5) is 0 Å². The molecule has 0 saturated heterocycles. The van der Waals surface area contributed by atoms with Crippen molar-refractivity contribution in [1.29, 1.82) is 0 Å². The van der Waals surface area contributed by atoms with Gasteiger partial charge in [-0.15, -0.1) is 0 Å². The van der Waals surface area contributed by atoms with E-state index in [4.69, 9.17) is 21.1 Å². The third-order valence-corrected chi connectivity index (χ3v) is 0.778. The molecule has 5 N–H and O–H groups in total. The minimum absolute atomic E-state index is 0.530. The van der Waals surface area contributed by atoms with Gasteiger partial charge in [-0.3, -0.25) is 4.79 Å². The predicted molar refractivity (Wildman–Crippen MR) is 28.5 cm³/mol. The van der Waals surface area contributed by atoms with E-state index in [1.807, 2.05) is 0 Å². The highest BCUT2D eigenvalue weighted by molar-refractivity contribution is 5.67. The van der Waals surface area contributed by atoms with E-state index in [1.165, 1.54) is 0 Å². The Labute approximate surface area is 51.7 Å². The molecule has 2 atom stereocenters. The Morgan fingerprint density at radius 2 is 2.00 bits per heavy atom. The molecule has 9 heavy (non-hydrogen) atoms. The summed E-state index contributed by atoms with van der Waals surface area (Å²) in [7, 11) is 0. The first-order valence-electron chi connectivity index (χ1n) is 2.37. The molecule has 0 aliphatic heterocycles. The molecule has 0 heterocycles. The first-order chi connectivity index (χ1) is 4.04. The number of nitrogens with two attached hydrogens (primary N) is 1. The van der Waals surface area contributed by atoms with Gasteiger partial charge in [0.15, 0.2) is 0 Å². The standard InChI is InChI=1S/C4H9NO4/c5-4(9)2(6)1-3(7)8/h2,4,6,9H,1,5H2,(H,7,8). The highest BCUT2D eigenvalue weighted by Crippen LogP contribution is 1.92. The van der Waals surface area contributed by atoms with Crippen LogP contribution in [0, 0.1) is 0 Å². The van der Waals surface area contributed by atoms with Gasteiger partial charge in [0.05, 0.1) is 6.42 Å². The summed E-state index contributed by atoms with van der Waals surface area (Å²) in [6.45, 7) is 0. The van der Waals surface area contributed by atoms with Crippen LogP contribution in [0.3, 0.4) is 0 Å². The zero-order chi connectivity index (χ0) is 7.44. The second-order valence-corrected chi connectivity index (χ2v) is 1.66. The van der Waals surface area contributed by atoms with Crippen molar-refractivity contribution < 1.29 is 20.1 Å². The summed E-state index contributed by atoms with van der Waals surface area (Å²) in [6.07, 6.45) is -3.37. The molecule has 0 fully saturated rings. The Kier molecular flexibility index (Phi) is 3.15. The molecule has 0 amide bonds. The second kappa shape index (κ2) is 3.39. The largest absolute Gasteiger partial charge is 0.481 e. The minimum atomic E-state index is -1.47. The lowest BCUT2D eigenvalue weighted by atomic mass is 10.2. The van der Waals surface area contributed by atoms with Gasteiger partial charge < -0.3 is 21.1 Å². The monoisotopic (exact) mass is 135 g/mol. The van der Waals surface area contributed by atoms with Crippen molar-refractivity contribution in [2.75, 3.05) is 0 Å². The average molecular weight is 135 g/mol. The van der Waals surface area contributed by atoms with Crippen LogP contribution >= 0.6 is 0 Å². The molecule has 0 aliphatic rings. The van der Waals surface area contributed by atoms with E-state index >= 15 is 0 Å².